The van der Waals surface area contributed by atoms with E-state index in [1.807, 2.05) is 32.0 Å². The zero-order chi connectivity index (χ0) is 18.9. The molecule has 2 aromatic rings. The van der Waals surface area contributed by atoms with Crippen LogP contribution in [0.5, 0.6) is 5.75 Å². The van der Waals surface area contributed by atoms with Gasteiger partial charge in [-0.25, -0.2) is 8.78 Å². The van der Waals surface area contributed by atoms with Crippen LogP contribution in [0.4, 0.5) is 8.78 Å². The van der Waals surface area contributed by atoms with Gasteiger partial charge in [-0.3, -0.25) is 4.99 Å². The minimum atomic E-state index is -0.615. The third-order valence-corrected chi connectivity index (χ3v) is 5.62. The largest absolute Gasteiger partial charge is 0.496 e. The number of hydrogen-bond donors (Lipinski definition) is 1. The fourth-order valence-electron chi connectivity index (χ4n) is 2.72. The van der Waals surface area contributed by atoms with Crippen molar-refractivity contribution in [1.82, 2.24) is 5.32 Å². The number of hydrogen-bond acceptors (Lipinski definition) is 4. The molecule has 138 valence electrons. The van der Waals surface area contributed by atoms with Crippen molar-refractivity contribution >= 4 is 33.5 Å². The van der Waals surface area contributed by atoms with Crippen molar-refractivity contribution in [3.8, 4) is 5.75 Å². The van der Waals surface area contributed by atoms with E-state index in [4.69, 9.17) is 4.74 Å². The van der Waals surface area contributed by atoms with Gasteiger partial charge in [0.25, 0.3) is 0 Å². The zero-order valence-corrected chi connectivity index (χ0v) is 17.1. The first-order valence-electron chi connectivity index (χ1n) is 8.06. The lowest BCUT2D eigenvalue weighted by Crippen LogP contribution is -2.40. The first-order chi connectivity index (χ1) is 12.3. The van der Waals surface area contributed by atoms with Gasteiger partial charge in [0.15, 0.2) is 0 Å². The summed E-state index contributed by atoms with van der Waals surface area (Å²) >= 11 is 4.74. The van der Waals surface area contributed by atoms with E-state index < -0.39 is 11.6 Å². The van der Waals surface area contributed by atoms with Crippen LogP contribution in [-0.4, -0.2) is 25.0 Å². The highest BCUT2D eigenvalue weighted by Gasteiger charge is 2.28. The monoisotopic (exact) mass is 440 g/mol. The quantitative estimate of drug-likeness (QED) is 0.652. The van der Waals surface area contributed by atoms with Crippen LogP contribution in [0.2, 0.25) is 0 Å². The standard InChI is InChI=1S/C19H19BrF2N2OS/c1-19(2)10-23-18(24-19)14-7-13(21)8-15(22)17(14)26-9-11-6-12(20)4-5-16(11)25-3/h4-8H,9-10H2,1-3H3,(H,23,24). The number of benzene rings is 2. The van der Waals surface area contributed by atoms with Crippen molar-refractivity contribution in [2.24, 2.45) is 4.99 Å². The molecule has 1 aliphatic rings. The van der Waals surface area contributed by atoms with Gasteiger partial charge >= 0.3 is 0 Å². The number of rotatable bonds is 5. The lowest BCUT2D eigenvalue weighted by atomic mass is 10.1. The Morgan fingerprint density at radius 1 is 1.27 bits per heavy atom. The van der Waals surface area contributed by atoms with Gasteiger partial charge in [0.2, 0.25) is 0 Å². The van der Waals surface area contributed by atoms with E-state index in [2.05, 4.69) is 26.2 Å². The lowest BCUT2D eigenvalue weighted by Gasteiger charge is -2.19. The molecule has 0 saturated heterocycles. The van der Waals surface area contributed by atoms with Crippen molar-refractivity contribution in [2.45, 2.75) is 30.0 Å². The highest BCUT2D eigenvalue weighted by Crippen LogP contribution is 2.34. The predicted octanol–water partition coefficient (Wildman–Crippen LogP) is 5.16. The minimum Gasteiger partial charge on any atom is -0.496 e. The number of methoxy groups -OCH3 is 1. The van der Waals surface area contributed by atoms with Crippen molar-refractivity contribution < 1.29 is 13.5 Å². The Labute approximate surface area is 164 Å². The van der Waals surface area contributed by atoms with Gasteiger partial charge in [0.1, 0.15) is 23.2 Å². The Morgan fingerprint density at radius 3 is 2.69 bits per heavy atom. The zero-order valence-electron chi connectivity index (χ0n) is 14.7. The summed E-state index contributed by atoms with van der Waals surface area (Å²) in [6.45, 7) is 4.56. The van der Waals surface area contributed by atoms with Crippen LogP contribution in [0.1, 0.15) is 25.0 Å². The van der Waals surface area contributed by atoms with E-state index in [0.29, 0.717) is 28.6 Å². The molecule has 0 bridgehead atoms. The minimum absolute atomic E-state index is 0.229. The summed E-state index contributed by atoms with van der Waals surface area (Å²) in [5.74, 6) is 0.526. The van der Waals surface area contributed by atoms with E-state index in [1.54, 1.807) is 7.11 Å². The summed E-state index contributed by atoms with van der Waals surface area (Å²) in [6.07, 6.45) is 0. The summed E-state index contributed by atoms with van der Waals surface area (Å²) in [4.78, 5) is 4.80. The first-order valence-corrected chi connectivity index (χ1v) is 9.84. The molecule has 0 amide bonds. The number of amidine groups is 1. The predicted molar refractivity (Wildman–Crippen MR) is 105 cm³/mol. The molecule has 0 saturated carbocycles. The van der Waals surface area contributed by atoms with Crippen LogP contribution < -0.4 is 10.1 Å². The van der Waals surface area contributed by atoms with Crippen molar-refractivity contribution in [3.05, 3.63) is 57.6 Å². The molecule has 1 N–H and O–H groups in total. The lowest BCUT2D eigenvalue weighted by molar-refractivity contribution is 0.411. The summed E-state index contributed by atoms with van der Waals surface area (Å²) < 4.78 is 34.7. The fraction of sp³-hybridized carbons (Fsp3) is 0.316. The maximum atomic E-state index is 14.5. The second kappa shape index (κ2) is 7.56. The maximum absolute atomic E-state index is 14.5. The molecule has 3 rings (SSSR count). The normalized spacial score (nSPS) is 15.5. The Bertz CT molecular complexity index is 871. The second-order valence-electron chi connectivity index (χ2n) is 6.68. The highest BCUT2D eigenvalue weighted by molar-refractivity contribution is 9.10. The number of halogens is 3. The Kier molecular flexibility index (Phi) is 5.58. The molecule has 1 aliphatic heterocycles. The smallest absolute Gasteiger partial charge is 0.140 e. The summed E-state index contributed by atoms with van der Waals surface area (Å²) in [7, 11) is 1.60. The third kappa shape index (κ3) is 4.20. The molecule has 3 nitrogen and oxygen atoms in total. The molecule has 26 heavy (non-hydrogen) atoms. The van der Waals surface area contributed by atoms with Crippen molar-refractivity contribution in [1.29, 1.82) is 0 Å². The number of aliphatic imine (C=N–C) groups is 1. The molecule has 2 aromatic carbocycles. The van der Waals surface area contributed by atoms with Crippen LogP contribution in [-0.2, 0) is 5.75 Å². The van der Waals surface area contributed by atoms with Gasteiger partial charge in [0.05, 0.1) is 24.1 Å². The SMILES string of the molecule is COc1ccc(Br)cc1CSc1c(F)cc(F)cc1C1=NCC(C)(C)N1. The average molecular weight is 441 g/mol. The summed E-state index contributed by atoms with van der Waals surface area (Å²) in [6, 6.07) is 7.91. The molecule has 0 atom stereocenters. The Morgan fingerprint density at radius 2 is 2.04 bits per heavy atom. The van der Waals surface area contributed by atoms with Crippen molar-refractivity contribution in [3.63, 3.8) is 0 Å². The number of thioether (sulfide) groups is 1. The summed E-state index contributed by atoms with van der Waals surface area (Å²) in [5, 5.41) is 3.24. The molecule has 1 heterocycles. The number of nitrogens with one attached hydrogen (secondary N) is 1. The second-order valence-corrected chi connectivity index (χ2v) is 8.58. The fourth-order valence-corrected chi connectivity index (χ4v) is 4.16. The van der Waals surface area contributed by atoms with Gasteiger partial charge in [-0.15, -0.1) is 11.8 Å². The topological polar surface area (TPSA) is 33.6 Å². The van der Waals surface area contributed by atoms with Crippen LogP contribution in [0, 0.1) is 11.6 Å². The molecule has 0 spiro atoms. The van der Waals surface area contributed by atoms with Crippen LogP contribution in [0.3, 0.4) is 0 Å². The van der Waals surface area contributed by atoms with Gasteiger partial charge < -0.3 is 10.1 Å². The highest BCUT2D eigenvalue weighted by atomic mass is 79.9. The molecule has 0 radical (unpaired) electrons. The van der Waals surface area contributed by atoms with Crippen LogP contribution in [0.25, 0.3) is 0 Å². The summed E-state index contributed by atoms with van der Waals surface area (Å²) in [5.41, 5.74) is 1.14. The van der Waals surface area contributed by atoms with Crippen molar-refractivity contribution in [2.75, 3.05) is 13.7 Å². The van der Waals surface area contributed by atoms with E-state index in [-0.39, 0.29) is 5.54 Å². The van der Waals surface area contributed by atoms with Gasteiger partial charge in [-0.05, 0) is 38.1 Å². The average Bonchev–Trinajstić information content (AvgIpc) is 2.93. The molecule has 7 heteroatoms. The van der Waals surface area contributed by atoms with E-state index in [9.17, 15) is 8.78 Å². The van der Waals surface area contributed by atoms with E-state index in [0.717, 1.165) is 21.9 Å². The van der Waals surface area contributed by atoms with Gasteiger partial charge in [0, 0.05) is 27.4 Å². The van der Waals surface area contributed by atoms with Gasteiger partial charge in [-0.2, -0.15) is 0 Å². The van der Waals surface area contributed by atoms with Crippen LogP contribution >= 0.6 is 27.7 Å². The molecule has 0 unspecified atom stereocenters. The third-order valence-electron chi connectivity index (χ3n) is 3.97. The number of nitrogens with zero attached hydrogens (tertiary/aromatic N) is 1. The van der Waals surface area contributed by atoms with E-state index in [1.165, 1.54) is 17.8 Å². The Balaban J connectivity index is 1.92. The number of ether oxygens (including phenoxy) is 1. The first kappa shape index (κ1) is 19.2. The molecule has 0 fully saturated rings. The van der Waals surface area contributed by atoms with Crippen LogP contribution in [0.15, 0.2) is 44.7 Å². The molecule has 0 aliphatic carbocycles. The molecule has 0 aromatic heterocycles. The maximum Gasteiger partial charge on any atom is 0.140 e. The molecular formula is C19H19BrF2N2OS. The van der Waals surface area contributed by atoms with Gasteiger partial charge in [-0.1, -0.05) is 15.9 Å². The van der Waals surface area contributed by atoms with E-state index >= 15 is 0 Å². The Hall–Kier alpha value is -1.60. The molecular weight excluding hydrogens is 422 g/mol.